The van der Waals surface area contributed by atoms with Gasteiger partial charge in [-0.15, -0.1) is 0 Å². The number of hydrogen-bond donors (Lipinski definition) is 1. The van der Waals surface area contributed by atoms with Crippen molar-refractivity contribution in [1.82, 2.24) is 9.97 Å². The smallest absolute Gasteiger partial charge is 0.270 e. The molecule has 1 N–H and O–H groups in total. The third kappa shape index (κ3) is 3.70. The summed E-state index contributed by atoms with van der Waals surface area (Å²) in [5.41, 5.74) is 2.02. The molecule has 0 saturated heterocycles. The maximum absolute atomic E-state index is 11.1. The number of rotatable bonds is 6. The molecule has 0 atom stereocenters. The summed E-state index contributed by atoms with van der Waals surface area (Å²) in [7, 11) is 3.15. The maximum atomic E-state index is 11.1. The highest BCUT2D eigenvalue weighted by Gasteiger charge is 2.13. The van der Waals surface area contributed by atoms with Crippen molar-refractivity contribution in [3.63, 3.8) is 0 Å². The van der Waals surface area contributed by atoms with Crippen LogP contribution in [0.15, 0.2) is 66.7 Å². The first kappa shape index (κ1) is 19.1. The Morgan fingerprint density at radius 1 is 0.900 bits per heavy atom. The molecule has 0 unspecified atom stereocenters. The van der Waals surface area contributed by atoms with Gasteiger partial charge >= 0.3 is 0 Å². The molecule has 0 aliphatic heterocycles. The van der Waals surface area contributed by atoms with Crippen LogP contribution in [0.3, 0.4) is 0 Å². The van der Waals surface area contributed by atoms with Gasteiger partial charge in [0.25, 0.3) is 5.69 Å². The predicted molar refractivity (Wildman–Crippen MR) is 114 cm³/mol. The maximum Gasteiger partial charge on any atom is 0.270 e. The summed E-state index contributed by atoms with van der Waals surface area (Å²) in [6.45, 7) is 0. The van der Waals surface area contributed by atoms with Gasteiger partial charge in [0.2, 0.25) is 0 Å². The highest BCUT2D eigenvalue weighted by atomic mass is 16.6. The van der Waals surface area contributed by atoms with Gasteiger partial charge < -0.3 is 14.8 Å². The van der Waals surface area contributed by atoms with Crippen molar-refractivity contribution in [2.75, 3.05) is 19.5 Å². The van der Waals surface area contributed by atoms with Gasteiger partial charge in [0, 0.05) is 34.8 Å². The topological polar surface area (TPSA) is 99.4 Å². The summed E-state index contributed by atoms with van der Waals surface area (Å²) in [6.07, 6.45) is 0. The molecule has 4 rings (SSSR count). The molecule has 8 heteroatoms. The van der Waals surface area contributed by atoms with Crippen LogP contribution in [-0.4, -0.2) is 29.1 Å². The third-order valence-electron chi connectivity index (χ3n) is 4.56. The van der Waals surface area contributed by atoms with E-state index in [1.54, 1.807) is 32.4 Å². The molecule has 1 aromatic heterocycles. The lowest BCUT2D eigenvalue weighted by Crippen LogP contribution is -2.00. The number of nitrogens with one attached hydrogen (secondary N) is 1. The Kier molecular flexibility index (Phi) is 5.13. The zero-order valence-corrected chi connectivity index (χ0v) is 16.3. The number of hydrogen-bond acceptors (Lipinski definition) is 7. The summed E-state index contributed by atoms with van der Waals surface area (Å²) in [4.78, 5) is 19.9. The number of nitrogens with zero attached hydrogens (tertiary/aromatic N) is 3. The van der Waals surface area contributed by atoms with Crippen LogP contribution in [0, 0.1) is 10.1 Å². The standard InChI is InChI=1S/C22H18N4O4/c1-29-19-11-10-15(13-20(19)30-2)23-22-17-8-3-4-9-18(17)24-21(25-22)14-6-5-7-16(12-14)26(27)28/h3-13H,1-2H3,(H,23,24,25). The van der Waals surface area contributed by atoms with E-state index < -0.39 is 4.92 Å². The number of nitro groups is 1. The second kappa shape index (κ2) is 8.04. The summed E-state index contributed by atoms with van der Waals surface area (Å²) < 4.78 is 10.7. The zero-order valence-electron chi connectivity index (χ0n) is 16.3. The van der Waals surface area contributed by atoms with Crippen molar-refractivity contribution in [2.24, 2.45) is 0 Å². The molecule has 0 bridgehead atoms. The molecular formula is C22H18N4O4. The molecule has 0 saturated carbocycles. The van der Waals surface area contributed by atoms with Crippen LogP contribution in [0.5, 0.6) is 11.5 Å². The van der Waals surface area contributed by atoms with E-state index in [9.17, 15) is 10.1 Å². The average Bonchev–Trinajstić information content (AvgIpc) is 2.79. The SMILES string of the molecule is COc1ccc(Nc2nc(-c3cccc([N+](=O)[O-])c3)nc3ccccc23)cc1OC. The molecule has 0 amide bonds. The van der Waals surface area contributed by atoms with E-state index in [0.29, 0.717) is 28.7 Å². The molecule has 0 aliphatic carbocycles. The van der Waals surface area contributed by atoms with Gasteiger partial charge in [-0.1, -0.05) is 24.3 Å². The van der Waals surface area contributed by atoms with Crippen molar-refractivity contribution in [2.45, 2.75) is 0 Å². The zero-order chi connectivity index (χ0) is 21.1. The van der Waals surface area contributed by atoms with Gasteiger partial charge in [-0.3, -0.25) is 10.1 Å². The minimum atomic E-state index is -0.437. The van der Waals surface area contributed by atoms with Gasteiger partial charge in [0.15, 0.2) is 17.3 Å². The number of nitro benzene ring substituents is 1. The van der Waals surface area contributed by atoms with Crippen LogP contribution >= 0.6 is 0 Å². The van der Waals surface area contributed by atoms with E-state index in [4.69, 9.17) is 9.47 Å². The van der Waals surface area contributed by atoms with Crippen molar-refractivity contribution in [1.29, 1.82) is 0 Å². The molecule has 4 aromatic rings. The van der Waals surface area contributed by atoms with Crippen molar-refractivity contribution < 1.29 is 14.4 Å². The van der Waals surface area contributed by atoms with Gasteiger partial charge in [0.1, 0.15) is 5.82 Å². The Bertz CT molecular complexity index is 1240. The first-order valence-corrected chi connectivity index (χ1v) is 9.09. The minimum absolute atomic E-state index is 0.0151. The van der Waals surface area contributed by atoms with Crippen LogP contribution in [0.4, 0.5) is 17.2 Å². The van der Waals surface area contributed by atoms with Gasteiger partial charge in [0.05, 0.1) is 24.7 Å². The number of methoxy groups -OCH3 is 2. The van der Waals surface area contributed by atoms with Crippen molar-refractivity contribution in [3.05, 3.63) is 76.8 Å². The van der Waals surface area contributed by atoms with Crippen LogP contribution in [-0.2, 0) is 0 Å². The molecule has 0 spiro atoms. The number of anilines is 2. The molecule has 30 heavy (non-hydrogen) atoms. The summed E-state index contributed by atoms with van der Waals surface area (Å²) in [5, 5.41) is 15.3. The van der Waals surface area contributed by atoms with Crippen LogP contribution in [0.2, 0.25) is 0 Å². The fraction of sp³-hybridized carbons (Fsp3) is 0.0909. The predicted octanol–water partition coefficient (Wildman–Crippen LogP) is 4.97. The Morgan fingerprint density at radius 2 is 1.70 bits per heavy atom. The van der Waals surface area contributed by atoms with E-state index >= 15 is 0 Å². The first-order valence-electron chi connectivity index (χ1n) is 9.09. The number of para-hydroxylation sites is 1. The molecule has 8 nitrogen and oxygen atoms in total. The molecular weight excluding hydrogens is 384 g/mol. The van der Waals surface area contributed by atoms with Gasteiger partial charge in [-0.25, -0.2) is 9.97 Å². The summed E-state index contributed by atoms with van der Waals surface area (Å²) in [6, 6.07) is 19.3. The highest BCUT2D eigenvalue weighted by Crippen LogP contribution is 2.33. The summed E-state index contributed by atoms with van der Waals surface area (Å²) in [5.74, 6) is 2.17. The molecule has 0 aliphatic rings. The quantitative estimate of drug-likeness (QED) is 0.359. The molecule has 3 aromatic carbocycles. The van der Waals surface area contributed by atoms with E-state index in [-0.39, 0.29) is 5.69 Å². The van der Waals surface area contributed by atoms with E-state index in [1.165, 1.54) is 12.1 Å². The Balaban J connectivity index is 1.82. The fourth-order valence-corrected chi connectivity index (χ4v) is 3.11. The Hall–Kier alpha value is -4.20. The van der Waals surface area contributed by atoms with Crippen LogP contribution in [0.1, 0.15) is 0 Å². The summed E-state index contributed by atoms with van der Waals surface area (Å²) >= 11 is 0. The number of fused-ring (bicyclic) bond motifs is 1. The monoisotopic (exact) mass is 402 g/mol. The fourth-order valence-electron chi connectivity index (χ4n) is 3.11. The minimum Gasteiger partial charge on any atom is -0.493 e. The molecule has 0 radical (unpaired) electrons. The Morgan fingerprint density at radius 3 is 2.47 bits per heavy atom. The number of benzene rings is 3. The van der Waals surface area contributed by atoms with Crippen LogP contribution in [0.25, 0.3) is 22.3 Å². The second-order valence-corrected chi connectivity index (χ2v) is 6.42. The van der Waals surface area contributed by atoms with E-state index in [2.05, 4.69) is 15.3 Å². The Labute approximate surface area is 172 Å². The molecule has 0 fully saturated rings. The molecule has 150 valence electrons. The van der Waals surface area contributed by atoms with Gasteiger partial charge in [-0.05, 0) is 24.3 Å². The van der Waals surface area contributed by atoms with E-state index in [0.717, 1.165) is 16.6 Å². The third-order valence-corrected chi connectivity index (χ3v) is 4.56. The lowest BCUT2D eigenvalue weighted by Gasteiger charge is -2.13. The normalized spacial score (nSPS) is 10.6. The van der Waals surface area contributed by atoms with Crippen molar-refractivity contribution >= 4 is 28.1 Å². The number of non-ortho nitro benzene ring substituents is 1. The van der Waals surface area contributed by atoms with Crippen LogP contribution < -0.4 is 14.8 Å². The number of ether oxygens (including phenoxy) is 2. The lowest BCUT2D eigenvalue weighted by atomic mass is 10.1. The van der Waals surface area contributed by atoms with Gasteiger partial charge in [-0.2, -0.15) is 0 Å². The largest absolute Gasteiger partial charge is 0.493 e. The first-order chi connectivity index (χ1) is 14.6. The van der Waals surface area contributed by atoms with E-state index in [1.807, 2.05) is 36.4 Å². The lowest BCUT2D eigenvalue weighted by molar-refractivity contribution is -0.384. The second-order valence-electron chi connectivity index (χ2n) is 6.42. The van der Waals surface area contributed by atoms with Crippen molar-refractivity contribution in [3.8, 4) is 22.9 Å². The molecule has 1 heterocycles. The number of aromatic nitrogens is 2. The average molecular weight is 402 g/mol. The highest BCUT2D eigenvalue weighted by molar-refractivity contribution is 5.92.